The van der Waals surface area contributed by atoms with E-state index in [1.165, 1.54) is 17.0 Å². The second kappa shape index (κ2) is 8.56. The molecule has 2 aromatic rings. The number of aliphatic carboxylic acids is 1. The molecular weight excluding hydrogens is 360 g/mol. The molecule has 0 aliphatic carbocycles. The van der Waals surface area contributed by atoms with E-state index in [-0.39, 0.29) is 24.5 Å². The van der Waals surface area contributed by atoms with Gasteiger partial charge in [-0.05, 0) is 29.7 Å². The number of carbonyl (C=O) groups excluding carboxylic acids is 2. The maximum absolute atomic E-state index is 12.7. The second-order valence-corrected chi connectivity index (χ2v) is 6.83. The van der Waals surface area contributed by atoms with Gasteiger partial charge >= 0.3 is 5.97 Å². The van der Waals surface area contributed by atoms with Gasteiger partial charge in [-0.3, -0.25) is 9.59 Å². The number of phenols is 1. The van der Waals surface area contributed by atoms with Gasteiger partial charge in [0.25, 0.3) is 0 Å². The minimum Gasteiger partial charge on any atom is -0.508 e. The highest BCUT2D eigenvalue weighted by atomic mass is 16.4. The zero-order valence-corrected chi connectivity index (χ0v) is 15.2. The molecule has 7 nitrogen and oxygen atoms in total. The summed E-state index contributed by atoms with van der Waals surface area (Å²) in [6.07, 6.45) is 0.713. The number of aromatic hydroxyl groups is 1. The molecule has 0 saturated carbocycles. The number of carboxylic acid groups (broad SMARTS) is 1. The Labute approximate surface area is 162 Å². The van der Waals surface area contributed by atoms with Crippen LogP contribution in [-0.4, -0.2) is 45.0 Å². The molecule has 0 unspecified atom stereocenters. The number of nitrogens with zero attached hydrogens (tertiary/aromatic N) is 1. The third-order valence-electron chi connectivity index (χ3n) is 4.82. The van der Waals surface area contributed by atoms with Gasteiger partial charge in [0.15, 0.2) is 0 Å². The van der Waals surface area contributed by atoms with Gasteiger partial charge in [0.2, 0.25) is 11.8 Å². The average Bonchev–Trinajstić information content (AvgIpc) is 3.04. The monoisotopic (exact) mass is 382 g/mol. The molecule has 1 aliphatic heterocycles. The van der Waals surface area contributed by atoms with Crippen LogP contribution >= 0.6 is 0 Å². The van der Waals surface area contributed by atoms with Gasteiger partial charge in [0, 0.05) is 19.4 Å². The lowest BCUT2D eigenvalue weighted by Crippen LogP contribution is -2.50. The molecule has 28 heavy (non-hydrogen) atoms. The Morgan fingerprint density at radius 1 is 1.07 bits per heavy atom. The SMILES string of the molecule is O=C(O)[C@H](Cc1ccc(O)cc1)NC(=O)[C@@H]1CCC(=O)N1Cc1ccccc1. The van der Waals surface area contributed by atoms with Crippen molar-refractivity contribution in [3.63, 3.8) is 0 Å². The Bertz CT molecular complexity index is 851. The van der Waals surface area contributed by atoms with Gasteiger partial charge in [-0.2, -0.15) is 0 Å². The fourth-order valence-corrected chi connectivity index (χ4v) is 3.32. The molecule has 1 heterocycles. The van der Waals surface area contributed by atoms with E-state index in [0.29, 0.717) is 18.5 Å². The van der Waals surface area contributed by atoms with Gasteiger partial charge in [-0.25, -0.2) is 4.79 Å². The standard InChI is InChI=1S/C21H22N2O5/c24-16-8-6-14(7-9-16)12-17(21(27)28)22-20(26)18-10-11-19(25)23(18)13-15-4-2-1-3-5-15/h1-9,17-18,24H,10-13H2,(H,22,26)(H,27,28)/t17-,18-/m0/s1. The van der Waals surface area contributed by atoms with Crippen LogP contribution in [0.2, 0.25) is 0 Å². The number of nitrogens with one attached hydrogen (secondary N) is 1. The summed E-state index contributed by atoms with van der Waals surface area (Å²) in [5, 5.41) is 21.4. The lowest BCUT2D eigenvalue weighted by molar-refractivity contribution is -0.143. The summed E-state index contributed by atoms with van der Waals surface area (Å²) in [6.45, 7) is 0.313. The molecule has 0 radical (unpaired) electrons. The predicted molar refractivity (Wildman–Crippen MR) is 101 cm³/mol. The van der Waals surface area contributed by atoms with E-state index < -0.39 is 24.0 Å². The van der Waals surface area contributed by atoms with Crippen molar-refractivity contribution in [2.24, 2.45) is 0 Å². The molecule has 2 atom stereocenters. The van der Waals surface area contributed by atoms with Crippen LogP contribution in [0, 0.1) is 0 Å². The quantitative estimate of drug-likeness (QED) is 0.676. The van der Waals surface area contributed by atoms with Crippen LogP contribution in [0.4, 0.5) is 0 Å². The third-order valence-corrected chi connectivity index (χ3v) is 4.82. The number of likely N-dealkylation sites (tertiary alicyclic amines) is 1. The van der Waals surface area contributed by atoms with Gasteiger partial charge in [-0.15, -0.1) is 0 Å². The summed E-state index contributed by atoms with van der Waals surface area (Å²) < 4.78 is 0. The Morgan fingerprint density at radius 2 is 1.75 bits per heavy atom. The average molecular weight is 382 g/mol. The number of benzene rings is 2. The Morgan fingerprint density at radius 3 is 2.39 bits per heavy atom. The highest BCUT2D eigenvalue weighted by Crippen LogP contribution is 2.22. The fourth-order valence-electron chi connectivity index (χ4n) is 3.32. The van der Waals surface area contributed by atoms with E-state index >= 15 is 0 Å². The number of amides is 2. The molecule has 1 saturated heterocycles. The summed E-state index contributed by atoms with van der Waals surface area (Å²) in [4.78, 5) is 38.1. The molecule has 3 rings (SSSR count). The first kappa shape index (κ1) is 19.4. The van der Waals surface area contributed by atoms with E-state index in [0.717, 1.165) is 5.56 Å². The zero-order valence-electron chi connectivity index (χ0n) is 15.2. The third kappa shape index (κ3) is 4.68. The summed E-state index contributed by atoms with van der Waals surface area (Å²) in [5.74, 6) is -1.65. The van der Waals surface area contributed by atoms with E-state index in [9.17, 15) is 24.6 Å². The van der Waals surface area contributed by atoms with Crippen LogP contribution in [0.15, 0.2) is 54.6 Å². The second-order valence-electron chi connectivity index (χ2n) is 6.83. The largest absolute Gasteiger partial charge is 0.508 e. The first-order chi connectivity index (χ1) is 13.4. The van der Waals surface area contributed by atoms with Crippen molar-refractivity contribution in [1.29, 1.82) is 0 Å². The smallest absolute Gasteiger partial charge is 0.326 e. The number of carboxylic acids is 1. The highest BCUT2D eigenvalue weighted by Gasteiger charge is 2.37. The molecule has 7 heteroatoms. The number of hydrogen-bond donors (Lipinski definition) is 3. The van der Waals surface area contributed by atoms with Crippen molar-refractivity contribution in [3.05, 3.63) is 65.7 Å². The number of hydrogen-bond acceptors (Lipinski definition) is 4. The lowest BCUT2D eigenvalue weighted by atomic mass is 10.0. The summed E-state index contributed by atoms with van der Waals surface area (Å²) in [7, 11) is 0. The van der Waals surface area contributed by atoms with Crippen LogP contribution in [0.3, 0.4) is 0 Å². The van der Waals surface area contributed by atoms with Crippen LogP contribution in [-0.2, 0) is 27.3 Å². The molecule has 1 fully saturated rings. The van der Waals surface area contributed by atoms with E-state index in [4.69, 9.17) is 0 Å². The summed E-state index contributed by atoms with van der Waals surface area (Å²) in [6, 6.07) is 13.7. The van der Waals surface area contributed by atoms with Gasteiger partial charge in [0.05, 0.1) is 0 Å². The lowest BCUT2D eigenvalue weighted by Gasteiger charge is -2.25. The predicted octanol–water partition coefficient (Wildman–Crippen LogP) is 1.70. The van der Waals surface area contributed by atoms with Crippen molar-refractivity contribution < 1.29 is 24.6 Å². The molecule has 3 N–H and O–H groups in total. The van der Waals surface area contributed by atoms with Crippen LogP contribution < -0.4 is 5.32 Å². The van der Waals surface area contributed by atoms with E-state index in [1.807, 2.05) is 30.3 Å². The number of phenolic OH excluding ortho intramolecular Hbond substituents is 1. The molecule has 1 aliphatic rings. The van der Waals surface area contributed by atoms with Crippen LogP contribution in [0.5, 0.6) is 5.75 Å². The maximum atomic E-state index is 12.7. The normalized spacial score (nSPS) is 17.4. The van der Waals surface area contributed by atoms with Gasteiger partial charge in [0.1, 0.15) is 17.8 Å². The maximum Gasteiger partial charge on any atom is 0.326 e. The Hall–Kier alpha value is -3.35. The molecule has 0 bridgehead atoms. The first-order valence-corrected chi connectivity index (χ1v) is 9.08. The molecule has 0 spiro atoms. The van der Waals surface area contributed by atoms with Gasteiger partial charge < -0.3 is 20.4 Å². The minimum atomic E-state index is -1.15. The van der Waals surface area contributed by atoms with E-state index in [1.54, 1.807) is 12.1 Å². The van der Waals surface area contributed by atoms with Crippen LogP contribution in [0.25, 0.3) is 0 Å². The first-order valence-electron chi connectivity index (χ1n) is 9.08. The Kier molecular flexibility index (Phi) is 5.93. The topological polar surface area (TPSA) is 107 Å². The summed E-state index contributed by atoms with van der Waals surface area (Å²) >= 11 is 0. The van der Waals surface area contributed by atoms with Crippen molar-refractivity contribution >= 4 is 17.8 Å². The molecule has 2 amide bonds. The molecule has 2 aromatic carbocycles. The molecule has 146 valence electrons. The van der Waals surface area contributed by atoms with Crippen molar-refractivity contribution in [3.8, 4) is 5.75 Å². The van der Waals surface area contributed by atoms with Crippen molar-refractivity contribution in [2.45, 2.75) is 37.9 Å². The van der Waals surface area contributed by atoms with Gasteiger partial charge in [-0.1, -0.05) is 42.5 Å². The highest BCUT2D eigenvalue weighted by molar-refractivity contribution is 5.93. The zero-order chi connectivity index (χ0) is 20.1. The van der Waals surface area contributed by atoms with Crippen molar-refractivity contribution in [1.82, 2.24) is 10.2 Å². The molecular formula is C21H22N2O5. The van der Waals surface area contributed by atoms with Crippen molar-refractivity contribution in [2.75, 3.05) is 0 Å². The van der Waals surface area contributed by atoms with E-state index in [2.05, 4.69) is 5.32 Å². The minimum absolute atomic E-state index is 0.0840. The fraction of sp³-hybridized carbons (Fsp3) is 0.286. The molecule has 0 aromatic heterocycles. The van der Waals surface area contributed by atoms with Crippen LogP contribution in [0.1, 0.15) is 24.0 Å². The Balaban J connectivity index is 1.68. The summed E-state index contributed by atoms with van der Waals surface area (Å²) in [5.41, 5.74) is 1.59. The number of rotatable bonds is 7. The number of carbonyl (C=O) groups is 3.